The van der Waals surface area contributed by atoms with Gasteiger partial charge in [-0.3, -0.25) is 4.79 Å². The topological polar surface area (TPSA) is 64.7 Å². The van der Waals surface area contributed by atoms with Crippen molar-refractivity contribution in [1.29, 1.82) is 0 Å². The highest BCUT2D eigenvalue weighted by Gasteiger charge is 2.30. The number of hydrogen-bond acceptors (Lipinski definition) is 3. The van der Waals surface area contributed by atoms with E-state index < -0.39 is 0 Å². The van der Waals surface area contributed by atoms with E-state index in [0.29, 0.717) is 19.1 Å². The molecular formula is C20H28N4O2. The molecule has 26 heavy (non-hydrogen) atoms. The van der Waals surface area contributed by atoms with Gasteiger partial charge in [0.2, 0.25) is 5.91 Å². The first-order chi connectivity index (χ1) is 12.7. The van der Waals surface area contributed by atoms with Crippen LogP contribution in [0.4, 0.5) is 16.2 Å². The lowest BCUT2D eigenvalue weighted by Crippen LogP contribution is -2.46. The van der Waals surface area contributed by atoms with Gasteiger partial charge in [0.25, 0.3) is 0 Å². The Labute approximate surface area is 154 Å². The van der Waals surface area contributed by atoms with Crippen LogP contribution in [0.25, 0.3) is 0 Å². The molecule has 0 radical (unpaired) electrons. The molecule has 0 bridgehead atoms. The predicted octanol–water partition coefficient (Wildman–Crippen LogP) is 2.81. The number of urea groups is 1. The molecule has 2 aliphatic heterocycles. The van der Waals surface area contributed by atoms with Crippen molar-refractivity contribution in [2.24, 2.45) is 5.92 Å². The molecule has 2 saturated heterocycles. The molecule has 3 amide bonds. The third-order valence-electron chi connectivity index (χ3n) is 5.66. The van der Waals surface area contributed by atoms with Gasteiger partial charge in [0.05, 0.1) is 0 Å². The zero-order valence-electron chi connectivity index (χ0n) is 15.2. The molecule has 0 spiro atoms. The number of nitrogens with zero attached hydrogens (tertiary/aromatic N) is 2. The van der Waals surface area contributed by atoms with Gasteiger partial charge in [-0.15, -0.1) is 0 Å². The summed E-state index contributed by atoms with van der Waals surface area (Å²) in [5.41, 5.74) is 2.09. The first-order valence-electron chi connectivity index (χ1n) is 9.90. The first-order valence-corrected chi connectivity index (χ1v) is 9.90. The van der Waals surface area contributed by atoms with Crippen LogP contribution in [0.2, 0.25) is 0 Å². The summed E-state index contributed by atoms with van der Waals surface area (Å²) in [6.07, 6.45) is 6.18. The van der Waals surface area contributed by atoms with Gasteiger partial charge >= 0.3 is 6.03 Å². The average Bonchev–Trinajstić information content (AvgIpc) is 3.31. The average molecular weight is 356 g/mol. The molecule has 1 aliphatic carbocycles. The third kappa shape index (κ3) is 4.11. The van der Waals surface area contributed by atoms with Crippen LogP contribution in [0.15, 0.2) is 24.3 Å². The Morgan fingerprint density at radius 3 is 2.15 bits per heavy atom. The normalized spacial score (nSPS) is 20.9. The van der Waals surface area contributed by atoms with E-state index in [4.69, 9.17) is 0 Å². The molecule has 3 aliphatic rings. The second-order valence-corrected chi connectivity index (χ2v) is 7.72. The van der Waals surface area contributed by atoms with Gasteiger partial charge in [0, 0.05) is 49.5 Å². The minimum absolute atomic E-state index is 0.0155. The van der Waals surface area contributed by atoms with Crippen molar-refractivity contribution in [2.75, 3.05) is 36.4 Å². The summed E-state index contributed by atoms with van der Waals surface area (Å²) < 4.78 is 0. The van der Waals surface area contributed by atoms with Crippen LogP contribution in [0, 0.1) is 5.92 Å². The standard InChI is InChI=1S/C20H28N4O2/c25-19(15-9-13-24(14-10-15)20(26)22-17-3-4-17)21-16-5-7-18(8-6-16)23-11-1-2-12-23/h5-8,15,17H,1-4,9-14H2,(H,21,25)(H,22,26). The number of hydrogen-bond donors (Lipinski definition) is 2. The van der Waals surface area contributed by atoms with E-state index >= 15 is 0 Å². The van der Waals surface area contributed by atoms with E-state index in [1.807, 2.05) is 17.0 Å². The molecule has 3 fully saturated rings. The van der Waals surface area contributed by atoms with Gasteiger partial charge in [-0.05, 0) is 62.8 Å². The van der Waals surface area contributed by atoms with Crippen molar-refractivity contribution >= 4 is 23.3 Å². The monoisotopic (exact) mass is 356 g/mol. The van der Waals surface area contributed by atoms with E-state index in [0.717, 1.165) is 44.5 Å². The predicted molar refractivity (Wildman–Crippen MR) is 102 cm³/mol. The lowest BCUT2D eigenvalue weighted by Gasteiger charge is -2.31. The highest BCUT2D eigenvalue weighted by atomic mass is 16.2. The van der Waals surface area contributed by atoms with Crippen LogP contribution >= 0.6 is 0 Å². The van der Waals surface area contributed by atoms with E-state index in [9.17, 15) is 9.59 Å². The molecule has 1 aromatic rings. The molecule has 0 unspecified atom stereocenters. The van der Waals surface area contributed by atoms with Crippen LogP contribution in [-0.2, 0) is 4.79 Å². The maximum Gasteiger partial charge on any atom is 0.317 e. The van der Waals surface area contributed by atoms with Crippen molar-refractivity contribution < 1.29 is 9.59 Å². The largest absolute Gasteiger partial charge is 0.372 e. The zero-order valence-corrected chi connectivity index (χ0v) is 15.2. The van der Waals surface area contributed by atoms with Crippen LogP contribution in [0.3, 0.4) is 0 Å². The molecule has 6 heteroatoms. The highest BCUT2D eigenvalue weighted by molar-refractivity contribution is 5.93. The molecule has 1 aromatic carbocycles. The summed E-state index contributed by atoms with van der Waals surface area (Å²) in [5.74, 6) is 0.0550. The lowest BCUT2D eigenvalue weighted by atomic mass is 9.96. The van der Waals surface area contributed by atoms with Crippen LogP contribution < -0.4 is 15.5 Å². The molecule has 1 saturated carbocycles. The maximum absolute atomic E-state index is 12.5. The minimum Gasteiger partial charge on any atom is -0.372 e. The Kier molecular flexibility index (Phi) is 5.00. The van der Waals surface area contributed by atoms with E-state index in [-0.39, 0.29) is 17.9 Å². The summed E-state index contributed by atoms with van der Waals surface area (Å²) in [4.78, 5) is 28.8. The number of piperidine rings is 1. The second-order valence-electron chi connectivity index (χ2n) is 7.72. The van der Waals surface area contributed by atoms with Crippen molar-refractivity contribution in [1.82, 2.24) is 10.2 Å². The maximum atomic E-state index is 12.5. The smallest absolute Gasteiger partial charge is 0.317 e. The van der Waals surface area contributed by atoms with Gasteiger partial charge in [-0.25, -0.2) is 4.79 Å². The van der Waals surface area contributed by atoms with Gasteiger partial charge in [-0.2, -0.15) is 0 Å². The Balaban J connectivity index is 1.25. The third-order valence-corrected chi connectivity index (χ3v) is 5.66. The summed E-state index contributed by atoms with van der Waals surface area (Å²) >= 11 is 0. The van der Waals surface area contributed by atoms with Crippen LogP contribution in [0.5, 0.6) is 0 Å². The Hall–Kier alpha value is -2.24. The molecule has 2 heterocycles. The van der Waals surface area contributed by atoms with Gasteiger partial charge in [0.1, 0.15) is 0 Å². The SMILES string of the molecule is O=C(Nc1ccc(N2CCCC2)cc1)C1CCN(C(=O)NC2CC2)CC1. The lowest BCUT2D eigenvalue weighted by molar-refractivity contribution is -0.121. The van der Waals surface area contributed by atoms with E-state index in [1.165, 1.54) is 18.5 Å². The summed E-state index contributed by atoms with van der Waals surface area (Å²) in [6.45, 7) is 3.56. The minimum atomic E-state index is -0.0155. The number of rotatable bonds is 4. The molecule has 0 aromatic heterocycles. The fourth-order valence-electron chi connectivity index (χ4n) is 3.81. The molecule has 6 nitrogen and oxygen atoms in total. The van der Waals surface area contributed by atoms with Crippen molar-refractivity contribution in [3.63, 3.8) is 0 Å². The van der Waals surface area contributed by atoms with Gasteiger partial charge in [0.15, 0.2) is 0 Å². The summed E-state index contributed by atoms with van der Waals surface area (Å²) in [5, 5.41) is 6.06. The number of nitrogens with one attached hydrogen (secondary N) is 2. The number of amides is 3. The number of benzene rings is 1. The summed E-state index contributed by atoms with van der Waals surface area (Å²) in [6, 6.07) is 8.57. The number of anilines is 2. The fourth-order valence-corrected chi connectivity index (χ4v) is 3.81. The van der Waals surface area contributed by atoms with Crippen molar-refractivity contribution in [3.8, 4) is 0 Å². The molecular weight excluding hydrogens is 328 g/mol. The van der Waals surface area contributed by atoms with Crippen molar-refractivity contribution in [2.45, 2.75) is 44.6 Å². The Morgan fingerprint density at radius 2 is 1.54 bits per heavy atom. The Morgan fingerprint density at radius 1 is 0.885 bits per heavy atom. The quantitative estimate of drug-likeness (QED) is 0.872. The fraction of sp³-hybridized carbons (Fsp3) is 0.600. The van der Waals surface area contributed by atoms with Crippen molar-refractivity contribution in [3.05, 3.63) is 24.3 Å². The van der Waals surface area contributed by atoms with Crippen LogP contribution in [0.1, 0.15) is 38.5 Å². The molecule has 0 atom stereocenters. The number of likely N-dealkylation sites (tertiary alicyclic amines) is 1. The number of carbonyl (C=O) groups is 2. The first kappa shape index (κ1) is 17.2. The van der Waals surface area contributed by atoms with Gasteiger partial charge < -0.3 is 20.4 Å². The molecule has 4 rings (SSSR count). The molecule has 140 valence electrons. The highest BCUT2D eigenvalue weighted by Crippen LogP contribution is 2.24. The number of carbonyl (C=O) groups excluding carboxylic acids is 2. The second kappa shape index (κ2) is 7.56. The van der Waals surface area contributed by atoms with E-state index in [2.05, 4.69) is 27.7 Å². The zero-order chi connectivity index (χ0) is 17.9. The summed E-state index contributed by atoms with van der Waals surface area (Å²) in [7, 11) is 0. The Bertz CT molecular complexity index is 642. The van der Waals surface area contributed by atoms with E-state index in [1.54, 1.807) is 0 Å². The molecule has 2 N–H and O–H groups in total. The van der Waals surface area contributed by atoms with Crippen LogP contribution in [-0.4, -0.2) is 49.1 Å². The van der Waals surface area contributed by atoms with Gasteiger partial charge in [-0.1, -0.05) is 0 Å².